The minimum Gasteiger partial charge on any atom is -0.481 e. The molecule has 1 saturated heterocycles. The van der Waals surface area contributed by atoms with Crippen molar-refractivity contribution >= 4 is 5.91 Å². The summed E-state index contributed by atoms with van der Waals surface area (Å²) in [4.78, 5) is 14.4. The highest BCUT2D eigenvalue weighted by Crippen LogP contribution is 2.14. The predicted octanol–water partition coefficient (Wildman–Crippen LogP) is 2.21. The summed E-state index contributed by atoms with van der Waals surface area (Å²) >= 11 is 0. The highest BCUT2D eigenvalue weighted by molar-refractivity contribution is 5.80. The zero-order chi connectivity index (χ0) is 17.5. The molecule has 3 atom stereocenters. The van der Waals surface area contributed by atoms with Crippen molar-refractivity contribution in [3.8, 4) is 5.75 Å². The lowest BCUT2D eigenvalue weighted by Gasteiger charge is -2.35. The second-order valence-electron chi connectivity index (χ2n) is 6.38. The molecule has 1 aromatic rings. The highest BCUT2D eigenvalue weighted by atomic mass is 19.1. The fraction of sp³-hybridized carbons (Fsp3) is 0.611. The molecule has 0 spiro atoms. The summed E-state index contributed by atoms with van der Waals surface area (Å²) in [6.07, 6.45) is 0.721. The Bertz CT molecular complexity index is 531. The molecule has 1 aliphatic rings. The van der Waals surface area contributed by atoms with Crippen LogP contribution >= 0.6 is 0 Å². The van der Waals surface area contributed by atoms with Gasteiger partial charge >= 0.3 is 0 Å². The Balaban J connectivity index is 1.65. The van der Waals surface area contributed by atoms with Crippen LogP contribution in [0.15, 0.2) is 24.3 Å². The average molecular weight is 338 g/mol. The number of nitrogens with zero attached hydrogens (tertiary/aromatic N) is 1. The van der Waals surface area contributed by atoms with Gasteiger partial charge in [-0.2, -0.15) is 0 Å². The van der Waals surface area contributed by atoms with E-state index >= 15 is 0 Å². The van der Waals surface area contributed by atoms with Crippen LogP contribution < -0.4 is 10.1 Å². The molecule has 6 heteroatoms. The fourth-order valence-electron chi connectivity index (χ4n) is 2.92. The Morgan fingerprint density at radius 2 is 2.12 bits per heavy atom. The van der Waals surface area contributed by atoms with Crippen LogP contribution in [0, 0.1) is 5.82 Å². The second-order valence-corrected chi connectivity index (χ2v) is 6.38. The first-order valence-electron chi connectivity index (χ1n) is 8.52. The van der Waals surface area contributed by atoms with Gasteiger partial charge in [-0.15, -0.1) is 0 Å². The summed E-state index contributed by atoms with van der Waals surface area (Å²) in [6, 6.07) is 5.79. The van der Waals surface area contributed by atoms with Crippen molar-refractivity contribution in [1.82, 2.24) is 10.2 Å². The maximum atomic E-state index is 13.1. The molecule has 1 aliphatic heterocycles. The largest absolute Gasteiger partial charge is 0.481 e. The third-order valence-corrected chi connectivity index (χ3v) is 3.92. The smallest absolute Gasteiger partial charge is 0.260 e. The lowest BCUT2D eigenvalue weighted by atomic mass is 10.2. The molecule has 3 unspecified atom stereocenters. The number of ether oxygens (including phenoxy) is 2. The number of hydrogen-bond donors (Lipinski definition) is 1. The molecule has 134 valence electrons. The summed E-state index contributed by atoms with van der Waals surface area (Å²) in [5.41, 5.74) is 0. The minimum absolute atomic E-state index is 0.192. The molecule has 0 aromatic heterocycles. The van der Waals surface area contributed by atoms with Crippen molar-refractivity contribution in [3.63, 3.8) is 0 Å². The van der Waals surface area contributed by atoms with Crippen LogP contribution in [0.2, 0.25) is 0 Å². The van der Waals surface area contributed by atoms with Crippen molar-refractivity contribution < 1.29 is 18.7 Å². The Hall–Kier alpha value is -1.66. The van der Waals surface area contributed by atoms with Crippen molar-refractivity contribution in [2.24, 2.45) is 0 Å². The van der Waals surface area contributed by atoms with Gasteiger partial charge in [0.2, 0.25) is 0 Å². The van der Waals surface area contributed by atoms with E-state index in [1.807, 2.05) is 0 Å². The molecule has 1 aromatic carbocycles. The summed E-state index contributed by atoms with van der Waals surface area (Å²) in [6.45, 7) is 9.19. The molecule has 1 amide bonds. The number of carbonyl (C=O) groups is 1. The van der Waals surface area contributed by atoms with E-state index in [1.54, 1.807) is 19.1 Å². The van der Waals surface area contributed by atoms with Gasteiger partial charge in [-0.05, 0) is 39.3 Å². The molecule has 24 heavy (non-hydrogen) atoms. The monoisotopic (exact) mass is 338 g/mol. The summed E-state index contributed by atoms with van der Waals surface area (Å²) in [5, 5.41) is 2.86. The number of rotatable bonds is 7. The summed E-state index contributed by atoms with van der Waals surface area (Å²) in [7, 11) is 0. The van der Waals surface area contributed by atoms with Crippen molar-refractivity contribution in [1.29, 1.82) is 0 Å². The molecule has 0 bridgehead atoms. The Morgan fingerprint density at radius 3 is 2.79 bits per heavy atom. The number of benzene rings is 1. The van der Waals surface area contributed by atoms with E-state index < -0.39 is 6.10 Å². The van der Waals surface area contributed by atoms with Gasteiger partial charge in [0.1, 0.15) is 11.6 Å². The Labute approximate surface area is 143 Å². The summed E-state index contributed by atoms with van der Waals surface area (Å²) < 4.78 is 24.3. The predicted molar refractivity (Wildman–Crippen MR) is 90.6 cm³/mol. The van der Waals surface area contributed by atoms with E-state index in [0.29, 0.717) is 12.3 Å². The van der Waals surface area contributed by atoms with Crippen molar-refractivity contribution in [3.05, 3.63) is 30.1 Å². The number of morpholine rings is 1. The lowest BCUT2D eigenvalue weighted by molar-refractivity contribution is -0.127. The number of nitrogens with one attached hydrogen (secondary N) is 1. The van der Waals surface area contributed by atoms with E-state index in [4.69, 9.17) is 9.47 Å². The van der Waals surface area contributed by atoms with Gasteiger partial charge in [-0.3, -0.25) is 9.69 Å². The molecular weight excluding hydrogens is 311 g/mol. The van der Waals surface area contributed by atoms with Gasteiger partial charge in [-0.1, -0.05) is 6.07 Å². The molecule has 2 rings (SSSR count). The normalized spacial score (nSPS) is 22.8. The number of carbonyl (C=O) groups excluding carboxylic acids is 1. The zero-order valence-electron chi connectivity index (χ0n) is 14.6. The third kappa shape index (κ3) is 6.09. The van der Waals surface area contributed by atoms with E-state index in [1.165, 1.54) is 12.1 Å². The SMILES string of the molecule is CC1CN(CCCNC(=O)C(C)Oc2cccc(F)c2)CC(C)O1. The van der Waals surface area contributed by atoms with Gasteiger partial charge in [0.05, 0.1) is 12.2 Å². The first-order chi connectivity index (χ1) is 11.4. The molecular formula is C18H27FN2O3. The highest BCUT2D eigenvalue weighted by Gasteiger charge is 2.21. The van der Waals surface area contributed by atoms with Crippen LogP contribution in [0.3, 0.4) is 0 Å². The van der Waals surface area contributed by atoms with E-state index in [2.05, 4.69) is 24.1 Å². The van der Waals surface area contributed by atoms with Gasteiger partial charge in [0.25, 0.3) is 5.91 Å². The lowest BCUT2D eigenvalue weighted by Crippen LogP contribution is -2.46. The van der Waals surface area contributed by atoms with E-state index in [-0.39, 0.29) is 23.9 Å². The van der Waals surface area contributed by atoms with Crippen LogP contribution in [-0.2, 0) is 9.53 Å². The average Bonchev–Trinajstić information content (AvgIpc) is 2.50. The van der Waals surface area contributed by atoms with Crippen LogP contribution in [0.4, 0.5) is 4.39 Å². The first-order valence-corrected chi connectivity index (χ1v) is 8.52. The van der Waals surface area contributed by atoms with Gasteiger partial charge in [0.15, 0.2) is 6.10 Å². The Morgan fingerprint density at radius 1 is 1.42 bits per heavy atom. The van der Waals surface area contributed by atoms with Crippen LogP contribution in [0.5, 0.6) is 5.75 Å². The van der Waals surface area contributed by atoms with Crippen LogP contribution in [0.25, 0.3) is 0 Å². The summed E-state index contributed by atoms with van der Waals surface area (Å²) in [5.74, 6) is -0.217. The molecule has 0 saturated carbocycles. The third-order valence-electron chi connectivity index (χ3n) is 3.92. The maximum absolute atomic E-state index is 13.1. The van der Waals surface area contributed by atoms with Crippen molar-refractivity contribution in [2.45, 2.75) is 45.5 Å². The topological polar surface area (TPSA) is 50.8 Å². The van der Waals surface area contributed by atoms with Crippen LogP contribution in [-0.4, -0.2) is 55.3 Å². The molecule has 1 fully saturated rings. The molecule has 0 aliphatic carbocycles. The number of hydrogen-bond acceptors (Lipinski definition) is 4. The minimum atomic E-state index is -0.657. The quantitative estimate of drug-likeness (QED) is 0.775. The molecule has 5 nitrogen and oxygen atoms in total. The first kappa shape index (κ1) is 18.7. The standard InChI is InChI=1S/C18H27FN2O3/c1-13-11-21(12-14(2)23-13)9-5-8-20-18(22)15(3)24-17-7-4-6-16(19)10-17/h4,6-7,10,13-15H,5,8-9,11-12H2,1-3H3,(H,20,22). The van der Waals surface area contributed by atoms with E-state index in [0.717, 1.165) is 26.1 Å². The number of halogens is 1. The zero-order valence-corrected chi connectivity index (χ0v) is 14.6. The number of amides is 1. The molecule has 0 radical (unpaired) electrons. The second kappa shape index (κ2) is 8.99. The van der Waals surface area contributed by atoms with Crippen LogP contribution in [0.1, 0.15) is 27.2 Å². The van der Waals surface area contributed by atoms with Gasteiger partial charge < -0.3 is 14.8 Å². The van der Waals surface area contributed by atoms with E-state index in [9.17, 15) is 9.18 Å². The van der Waals surface area contributed by atoms with Gasteiger partial charge in [-0.25, -0.2) is 4.39 Å². The molecule has 1 N–H and O–H groups in total. The maximum Gasteiger partial charge on any atom is 0.260 e. The molecule has 1 heterocycles. The van der Waals surface area contributed by atoms with Gasteiger partial charge in [0, 0.05) is 32.2 Å². The Kier molecular flexibility index (Phi) is 6.99. The fourth-order valence-corrected chi connectivity index (χ4v) is 2.92. The van der Waals surface area contributed by atoms with Crippen molar-refractivity contribution in [2.75, 3.05) is 26.2 Å².